The van der Waals surface area contributed by atoms with Gasteiger partial charge in [0.1, 0.15) is 5.75 Å². The lowest BCUT2D eigenvalue weighted by Crippen LogP contribution is -2.33. The maximum Gasteiger partial charge on any atom is 0.206 e. The van der Waals surface area contributed by atoms with Crippen LogP contribution in [0.1, 0.15) is 13.3 Å². The second-order valence-electron chi connectivity index (χ2n) is 5.72. The summed E-state index contributed by atoms with van der Waals surface area (Å²) >= 11 is 0. The molecule has 4 rings (SSSR count). The third-order valence-electron chi connectivity index (χ3n) is 3.69. The Morgan fingerprint density at radius 1 is 1.04 bits per heavy atom. The Kier molecular flexibility index (Phi) is 4.44. The quantitative estimate of drug-likeness (QED) is 0.575. The van der Waals surface area contributed by atoms with Crippen LogP contribution >= 0.6 is 0 Å². The van der Waals surface area contributed by atoms with Gasteiger partial charge in [0, 0.05) is 32.3 Å². The molecule has 1 atom stereocenters. The second kappa shape index (κ2) is 6.67. The van der Waals surface area contributed by atoms with E-state index in [-0.39, 0.29) is 0 Å². The highest BCUT2D eigenvalue weighted by Crippen LogP contribution is 2.19. The summed E-state index contributed by atoms with van der Waals surface area (Å²) in [6, 6.07) is 17.8. The molecule has 0 amide bonds. The first-order valence-electron chi connectivity index (χ1n) is 7.65. The molecule has 0 radical (unpaired) electrons. The van der Waals surface area contributed by atoms with Crippen LogP contribution in [0.25, 0.3) is 0 Å². The van der Waals surface area contributed by atoms with Gasteiger partial charge in [0.05, 0.1) is 6.33 Å². The third-order valence-corrected chi connectivity index (χ3v) is 3.69. The maximum atomic E-state index is 10.1. The number of aromatic nitrogens is 2. The predicted molar refractivity (Wildman–Crippen MR) is 88.7 cm³/mol. The molecular weight excluding hydrogens is 288 g/mol. The van der Waals surface area contributed by atoms with Crippen molar-refractivity contribution >= 4 is 0 Å². The zero-order valence-electron chi connectivity index (χ0n) is 13.1. The molecule has 1 aromatic heterocycles. The fourth-order valence-electron chi connectivity index (χ4n) is 2.21. The fraction of sp³-hybridized carbons (Fsp3) is 0.211. The standard InChI is InChI=1S/C13H16N2O2.C6H4/c1-13(16,7-9-15-10-8-14-11-15)17-12-5-3-2-4-6-12;1-2-6-4-3-5(1)6/h2-6,8,10-11,16H,7,9H2,1H3;1-4H. The molecule has 4 nitrogen and oxygen atoms in total. The van der Waals surface area contributed by atoms with Gasteiger partial charge in [0.25, 0.3) is 0 Å². The van der Waals surface area contributed by atoms with E-state index in [9.17, 15) is 5.11 Å². The fourth-order valence-corrected chi connectivity index (χ4v) is 2.21. The molecule has 0 saturated carbocycles. The molecule has 1 aromatic carbocycles. The summed E-state index contributed by atoms with van der Waals surface area (Å²) in [7, 11) is 0. The van der Waals surface area contributed by atoms with E-state index in [0.29, 0.717) is 18.7 Å². The van der Waals surface area contributed by atoms with Gasteiger partial charge < -0.3 is 14.4 Å². The average molecular weight is 308 g/mol. The molecular formula is C19H20N2O2. The Hall–Kier alpha value is -2.59. The first kappa shape index (κ1) is 15.3. The Labute approximate surface area is 135 Å². The van der Waals surface area contributed by atoms with Crippen LogP contribution in [0.15, 0.2) is 73.3 Å². The van der Waals surface area contributed by atoms with Crippen molar-refractivity contribution in [3.63, 3.8) is 0 Å². The SMILES string of the molecule is CC(O)(CCn1ccnc1)Oc1ccccc1.c1cc2ccc1=2. The monoisotopic (exact) mass is 308 g/mol. The summed E-state index contributed by atoms with van der Waals surface area (Å²) in [5.74, 6) is -0.505. The molecule has 0 spiro atoms. The molecule has 1 heterocycles. The largest absolute Gasteiger partial charge is 0.463 e. The van der Waals surface area contributed by atoms with Crippen LogP contribution in [0, 0.1) is 10.4 Å². The molecule has 2 aromatic rings. The van der Waals surface area contributed by atoms with Crippen LogP contribution < -0.4 is 4.74 Å². The normalized spacial score (nSPS) is 13.5. The van der Waals surface area contributed by atoms with Crippen molar-refractivity contribution in [2.75, 3.05) is 0 Å². The molecule has 1 N–H and O–H groups in total. The highest BCUT2D eigenvalue weighted by molar-refractivity contribution is 5.22. The van der Waals surface area contributed by atoms with E-state index in [1.807, 2.05) is 41.1 Å². The second-order valence-corrected chi connectivity index (χ2v) is 5.72. The molecule has 23 heavy (non-hydrogen) atoms. The van der Waals surface area contributed by atoms with Crippen molar-refractivity contribution in [2.24, 2.45) is 0 Å². The topological polar surface area (TPSA) is 47.3 Å². The van der Waals surface area contributed by atoms with Gasteiger partial charge >= 0.3 is 0 Å². The average Bonchev–Trinajstić information content (AvgIpc) is 3.04. The molecule has 0 saturated heterocycles. The van der Waals surface area contributed by atoms with Crippen LogP contribution in [-0.4, -0.2) is 20.4 Å². The number of imidazole rings is 1. The number of aryl methyl sites for hydroxylation is 1. The van der Waals surface area contributed by atoms with Gasteiger partial charge in [-0.3, -0.25) is 0 Å². The maximum absolute atomic E-state index is 10.1. The van der Waals surface area contributed by atoms with Crippen LogP contribution in [0.4, 0.5) is 0 Å². The molecule has 118 valence electrons. The minimum absolute atomic E-state index is 0.498. The van der Waals surface area contributed by atoms with Crippen molar-refractivity contribution in [2.45, 2.75) is 25.7 Å². The summed E-state index contributed by atoms with van der Waals surface area (Å²) in [5, 5.41) is 13.0. The summed E-state index contributed by atoms with van der Waals surface area (Å²) < 4.78 is 7.43. The van der Waals surface area contributed by atoms with Gasteiger partial charge in [0.15, 0.2) is 0 Å². The molecule has 0 aliphatic heterocycles. The first-order valence-corrected chi connectivity index (χ1v) is 7.65. The zero-order valence-corrected chi connectivity index (χ0v) is 13.1. The van der Waals surface area contributed by atoms with Gasteiger partial charge in [-0.05, 0) is 22.6 Å². The summed E-state index contributed by atoms with van der Waals surface area (Å²) in [6.45, 7) is 2.33. The van der Waals surface area contributed by atoms with Gasteiger partial charge in [-0.15, -0.1) is 0 Å². The number of hydrogen-bond donors (Lipinski definition) is 1. The first-order chi connectivity index (χ1) is 11.1. The number of hydrogen-bond acceptors (Lipinski definition) is 3. The van der Waals surface area contributed by atoms with Crippen LogP contribution in [-0.2, 0) is 6.54 Å². The highest BCUT2D eigenvalue weighted by atomic mass is 16.6. The number of ether oxygens (including phenoxy) is 1. The zero-order chi connectivity index (χ0) is 16.1. The summed E-state index contributed by atoms with van der Waals surface area (Å²) in [6.07, 6.45) is 5.79. The minimum atomic E-state index is -1.17. The predicted octanol–water partition coefficient (Wildman–Crippen LogP) is 3.35. The number of benzene rings is 2. The Bertz CT molecular complexity index is 777. The van der Waals surface area contributed by atoms with Crippen molar-refractivity contribution in [1.29, 1.82) is 0 Å². The molecule has 2 aliphatic rings. The number of nitrogens with zero attached hydrogens (tertiary/aromatic N) is 2. The highest BCUT2D eigenvalue weighted by Gasteiger charge is 2.22. The van der Waals surface area contributed by atoms with Gasteiger partial charge in [-0.25, -0.2) is 4.98 Å². The molecule has 0 bridgehead atoms. The molecule has 0 fully saturated rings. The molecule has 1 unspecified atom stereocenters. The van der Waals surface area contributed by atoms with Crippen LogP contribution in [0.2, 0.25) is 0 Å². The van der Waals surface area contributed by atoms with Crippen molar-refractivity contribution in [3.8, 4) is 5.75 Å². The van der Waals surface area contributed by atoms with E-state index in [2.05, 4.69) is 29.2 Å². The lowest BCUT2D eigenvalue weighted by molar-refractivity contribution is -0.128. The molecule has 2 aliphatic carbocycles. The van der Waals surface area contributed by atoms with Gasteiger partial charge in [0.2, 0.25) is 5.79 Å². The van der Waals surface area contributed by atoms with Gasteiger partial charge in [-0.2, -0.15) is 0 Å². The van der Waals surface area contributed by atoms with E-state index in [4.69, 9.17) is 4.74 Å². The number of rotatable bonds is 5. The van der Waals surface area contributed by atoms with Gasteiger partial charge in [-0.1, -0.05) is 42.5 Å². The number of para-hydroxylation sites is 1. The van der Waals surface area contributed by atoms with E-state index in [1.54, 1.807) is 19.4 Å². The van der Waals surface area contributed by atoms with E-state index >= 15 is 0 Å². The minimum Gasteiger partial charge on any atom is -0.463 e. The lowest BCUT2D eigenvalue weighted by atomic mass is 10.1. The number of aliphatic hydroxyl groups is 1. The lowest BCUT2D eigenvalue weighted by Gasteiger charge is -2.24. The van der Waals surface area contributed by atoms with Crippen molar-refractivity contribution in [3.05, 3.63) is 83.8 Å². The smallest absolute Gasteiger partial charge is 0.206 e. The Morgan fingerprint density at radius 2 is 1.70 bits per heavy atom. The third kappa shape index (κ3) is 4.20. The van der Waals surface area contributed by atoms with E-state index in [1.165, 1.54) is 10.4 Å². The summed E-state index contributed by atoms with van der Waals surface area (Å²) in [4.78, 5) is 3.95. The van der Waals surface area contributed by atoms with Crippen molar-refractivity contribution < 1.29 is 9.84 Å². The van der Waals surface area contributed by atoms with Crippen LogP contribution in [0.5, 0.6) is 5.75 Å². The Balaban J connectivity index is 0.000000213. The van der Waals surface area contributed by atoms with Crippen LogP contribution in [0.3, 0.4) is 0 Å². The van der Waals surface area contributed by atoms with E-state index < -0.39 is 5.79 Å². The Morgan fingerprint density at radius 3 is 2.17 bits per heavy atom. The summed E-state index contributed by atoms with van der Waals surface area (Å²) in [5.41, 5.74) is 0. The van der Waals surface area contributed by atoms with Crippen molar-refractivity contribution in [1.82, 2.24) is 9.55 Å². The molecule has 4 heteroatoms. The van der Waals surface area contributed by atoms with E-state index in [0.717, 1.165) is 0 Å².